The van der Waals surface area contributed by atoms with E-state index in [2.05, 4.69) is 4.90 Å². The molecule has 132 valence electrons. The highest BCUT2D eigenvalue weighted by molar-refractivity contribution is 5.62. The van der Waals surface area contributed by atoms with Gasteiger partial charge in [-0.2, -0.15) is 0 Å². The van der Waals surface area contributed by atoms with Crippen molar-refractivity contribution in [2.24, 2.45) is 0 Å². The lowest BCUT2D eigenvalue weighted by Crippen LogP contribution is -2.29. The highest BCUT2D eigenvalue weighted by atomic mass is 16.5. The number of fused-ring (bicyclic) bond motifs is 1. The molecule has 1 fully saturated rings. The number of aryl methyl sites for hydroxylation is 1. The van der Waals surface area contributed by atoms with E-state index < -0.39 is 6.10 Å². The molecule has 25 heavy (non-hydrogen) atoms. The summed E-state index contributed by atoms with van der Waals surface area (Å²) in [6, 6.07) is 10.1. The SMILES string of the molecule is CC(C)O[C@@H]1CN(c2nc(-c3ccccc3)nc3c2CCC3)C[C@H]1O. The first-order valence-corrected chi connectivity index (χ1v) is 9.15. The second-order valence-electron chi connectivity index (χ2n) is 7.21. The Hall–Kier alpha value is -1.98. The number of rotatable bonds is 4. The Balaban J connectivity index is 1.69. The van der Waals surface area contributed by atoms with Gasteiger partial charge < -0.3 is 14.7 Å². The van der Waals surface area contributed by atoms with Gasteiger partial charge in [-0.25, -0.2) is 9.97 Å². The molecule has 2 atom stereocenters. The third-order valence-electron chi connectivity index (χ3n) is 4.93. The van der Waals surface area contributed by atoms with Gasteiger partial charge >= 0.3 is 0 Å². The Morgan fingerprint density at radius 2 is 1.92 bits per heavy atom. The number of β-amino-alcohol motifs (C(OH)–C–C–N with tert-alkyl or cyclic N) is 1. The quantitative estimate of drug-likeness (QED) is 0.928. The molecule has 1 aliphatic carbocycles. The van der Waals surface area contributed by atoms with Crippen LogP contribution in [-0.2, 0) is 17.6 Å². The van der Waals surface area contributed by atoms with Crippen molar-refractivity contribution in [2.45, 2.75) is 51.4 Å². The molecular weight excluding hydrogens is 314 g/mol. The van der Waals surface area contributed by atoms with Crippen molar-refractivity contribution < 1.29 is 9.84 Å². The zero-order valence-electron chi connectivity index (χ0n) is 14.9. The van der Waals surface area contributed by atoms with Crippen LogP contribution in [-0.4, -0.2) is 46.5 Å². The summed E-state index contributed by atoms with van der Waals surface area (Å²) in [4.78, 5) is 11.9. The van der Waals surface area contributed by atoms with E-state index in [0.29, 0.717) is 13.1 Å². The lowest BCUT2D eigenvalue weighted by atomic mass is 10.2. The number of hydrogen-bond donors (Lipinski definition) is 1. The Morgan fingerprint density at radius 3 is 2.68 bits per heavy atom. The van der Waals surface area contributed by atoms with E-state index in [1.807, 2.05) is 44.2 Å². The number of nitrogens with zero attached hydrogens (tertiary/aromatic N) is 3. The molecule has 0 saturated carbocycles. The first-order valence-electron chi connectivity index (χ1n) is 9.15. The molecule has 0 bridgehead atoms. The van der Waals surface area contributed by atoms with Gasteiger partial charge in [0, 0.05) is 29.9 Å². The van der Waals surface area contributed by atoms with Gasteiger partial charge in [-0.05, 0) is 33.1 Å². The van der Waals surface area contributed by atoms with Gasteiger partial charge in [0.1, 0.15) is 11.9 Å². The van der Waals surface area contributed by atoms with Crippen molar-refractivity contribution in [2.75, 3.05) is 18.0 Å². The fraction of sp³-hybridized carbons (Fsp3) is 0.500. The Kier molecular flexibility index (Phi) is 4.44. The average molecular weight is 339 g/mol. The summed E-state index contributed by atoms with van der Waals surface area (Å²) in [7, 11) is 0. The number of aliphatic hydroxyl groups excluding tert-OH is 1. The van der Waals surface area contributed by atoms with Crippen LogP contribution in [0, 0.1) is 0 Å². The molecule has 2 aromatic rings. The molecule has 2 heterocycles. The van der Waals surface area contributed by atoms with E-state index in [0.717, 1.165) is 42.2 Å². The molecule has 2 aliphatic rings. The van der Waals surface area contributed by atoms with Crippen LogP contribution in [0.25, 0.3) is 11.4 Å². The smallest absolute Gasteiger partial charge is 0.161 e. The van der Waals surface area contributed by atoms with Crippen LogP contribution in [0.2, 0.25) is 0 Å². The second kappa shape index (κ2) is 6.73. The van der Waals surface area contributed by atoms with Gasteiger partial charge in [-0.3, -0.25) is 0 Å². The molecule has 1 saturated heterocycles. The number of ether oxygens (including phenoxy) is 1. The maximum atomic E-state index is 10.4. The first-order chi connectivity index (χ1) is 12.1. The van der Waals surface area contributed by atoms with Crippen LogP contribution < -0.4 is 4.90 Å². The average Bonchev–Trinajstić information content (AvgIpc) is 3.21. The third-order valence-corrected chi connectivity index (χ3v) is 4.93. The number of hydrogen-bond acceptors (Lipinski definition) is 5. The van der Waals surface area contributed by atoms with E-state index in [-0.39, 0.29) is 12.2 Å². The normalized spacial score (nSPS) is 22.6. The summed E-state index contributed by atoms with van der Waals surface area (Å²) in [5, 5.41) is 10.4. The van der Waals surface area contributed by atoms with Crippen molar-refractivity contribution in [3.8, 4) is 11.4 Å². The zero-order chi connectivity index (χ0) is 17.4. The largest absolute Gasteiger partial charge is 0.388 e. The summed E-state index contributed by atoms with van der Waals surface area (Å²) in [5.41, 5.74) is 3.44. The number of aromatic nitrogens is 2. The van der Waals surface area contributed by atoms with Gasteiger partial charge in [0.25, 0.3) is 0 Å². The van der Waals surface area contributed by atoms with Gasteiger partial charge in [0.05, 0.1) is 12.2 Å². The molecule has 0 unspecified atom stereocenters. The van der Waals surface area contributed by atoms with Crippen molar-refractivity contribution in [3.63, 3.8) is 0 Å². The molecule has 5 nitrogen and oxygen atoms in total. The number of aliphatic hydroxyl groups is 1. The zero-order valence-corrected chi connectivity index (χ0v) is 14.9. The predicted octanol–water partition coefficient (Wildman–Crippen LogP) is 2.61. The Bertz CT molecular complexity index is 748. The lowest BCUT2D eigenvalue weighted by Gasteiger charge is -2.21. The third kappa shape index (κ3) is 3.26. The summed E-state index contributed by atoms with van der Waals surface area (Å²) >= 11 is 0. The van der Waals surface area contributed by atoms with Crippen molar-refractivity contribution in [1.29, 1.82) is 0 Å². The predicted molar refractivity (Wildman–Crippen MR) is 97.7 cm³/mol. The van der Waals surface area contributed by atoms with Crippen LogP contribution in [0.3, 0.4) is 0 Å². The highest BCUT2D eigenvalue weighted by Gasteiger charge is 2.35. The fourth-order valence-corrected chi connectivity index (χ4v) is 3.80. The Labute approximate surface area is 148 Å². The minimum Gasteiger partial charge on any atom is -0.388 e. The van der Waals surface area contributed by atoms with E-state index in [4.69, 9.17) is 14.7 Å². The summed E-state index contributed by atoms with van der Waals surface area (Å²) in [5.74, 6) is 1.76. The Morgan fingerprint density at radius 1 is 1.12 bits per heavy atom. The number of benzene rings is 1. The van der Waals surface area contributed by atoms with Gasteiger partial charge in [0.15, 0.2) is 5.82 Å². The molecular formula is C20H25N3O2. The van der Waals surface area contributed by atoms with Crippen molar-refractivity contribution >= 4 is 5.82 Å². The van der Waals surface area contributed by atoms with Crippen LogP contribution in [0.1, 0.15) is 31.5 Å². The molecule has 0 radical (unpaired) electrons. The molecule has 1 aromatic heterocycles. The summed E-state index contributed by atoms with van der Waals surface area (Å²) in [6.07, 6.45) is 2.62. The van der Waals surface area contributed by atoms with Gasteiger partial charge in [-0.1, -0.05) is 30.3 Å². The summed E-state index contributed by atoms with van der Waals surface area (Å²) in [6.45, 7) is 5.25. The van der Waals surface area contributed by atoms with Gasteiger partial charge in [0.2, 0.25) is 0 Å². The van der Waals surface area contributed by atoms with E-state index >= 15 is 0 Å². The van der Waals surface area contributed by atoms with E-state index in [1.165, 1.54) is 5.56 Å². The second-order valence-corrected chi connectivity index (χ2v) is 7.21. The molecule has 1 aromatic carbocycles. The lowest BCUT2D eigenvalue weighted by molar-refractivity contribution is -0.0386. The molecule has 5 heteroatoms. The molecule has 0 amide bonds. The van der Waals surface area contributed by atoms with Crippen molar-refractivity contribution in [1.82, 2.24) is 9.97 Å². The van der Waals surface area contributed by atoms with Crippen LogP contribution in [0.4, 0.5) is 5.82 Å². The highest BCUT2D eigenvalue weighted by Crippen LogP contribution is 2.33. The molecule has 0 spiro atoms. The van der Waals surface area contributed by atoms with Crippen molar-refractivity contribution in [3.05, 3.63) is 41.6 Å². The molecule has 1 N–H and O–H groups in total. The maximum absolute atomic E-state index is 10.4. The van der Waals surface area contributed by atoms with Gasteiger partial charge in [-0.15, -0.1) is 0 Å². The monoisotopic (exact) mass is 339 g/mol. The van der Waals surface area contributed by atoms with E-state index in [9.17, 15) is 5.11 Å². The minimum absolute atomic E-state index is 0.107. The first kappa shape index (κ1) is 16.5. The van der Waals surface area contributed by atoms with E-state index in [1.54, 1.807) is 0 Å². The topological polar surface area (TPSA) is 58.5 Å². The van der Waals surface area contributed by atoms with Crippen LogP contribution in [0.5, 0.6) is 0 Å². The molecule has 1 aliphatic heterocycles. The van der Waals surface area contributed by atoms with Crippen LogP contribution in [0.15, 0.2) is 30.3 Å². The standard InChI is InChI=1S/C20H25N3O2/c1-13(2)25-18-12-23(11-17(18)24)20-15-9-6-10-16(15)21-19(22-20)14-7-4-3-5-8-14/h3-5,7-8,13,17-18,24H,6,9-12H2,1-2H3/t17-,18-/m1/s1. The number of anilines is 1. The maximum Gasteiger partial charge on any atom is 0.161 e. The fourth-order valence-electron chi connectivity index (χ4n) is 3.80. The molecule has 4 rings (SSSR count). The minimum atomic E-state index is -0.477. The summed E-state index contributed by atoms with van der Waals surface area (Å²) < 4.78 is 5.87. The van der Waals surface area contributed by atoms with Crippen LogP contribution >= 0.6 is 0 Å².